The van der Waals surface area contributed by atoms with Crippen LogP contribution in [0.4, 0.5) is 11.4 Å². The van der Waals surface area contributed by atoms with Crippen molar-refractivity contribution in [2.45, 2.75) is 27.7 Å². The second-order valence-electron chi connectivity index (χ2n) is 5.77. The van der Waals surface area contributed by atoms with Crippen molar-refractivity contribution in [1.82, 2.24) is 9.97 Å². The fourth-order valence-corrected chi connectivity index (χ4v) is 2.58. The maximum Gasteiger partial charge on any atom is 0.137 e. The summed E-state index contributed by atoms with van der Waals surface area (Å²) < 4.78 is 0. The van der Waals surface area contributed by atoms with Crippen molar-refractivity contribution in [3.63, 3.8) is 0 Å². The maximum atomic E-state index is 4.58. The van der Waals surface area contributed by atoms with E-state index in [1.165, 1.54) is 16.8 Å². The van der Waals surface area contributed by atoms with Crippen LogP contribution in [0.1, 0.15) is 22.5 Å². The van der Waals surface area contributed by atoms with E-state index in [1.54, 1.807) is 0 Å². The molecule has 1 aromatic heterocycles. The highest BCUT2D eigenvalue weighted by Crippen LogP contribution is 2.27. The Bertz CT molecular complexity index is 776. The number of benzene rings is 2. The fourth-order valence-electron chi connectivity index (χ4n) is 2.58. The van der Waals surface area contributed by atoms with Gasteiger partial charge in [-0.2, -0.15) is 0 Å². The van der Waals surface area contributed by atoms with Gasteiger partial charge in [0.25, 0.3) is 0 Å². The van der Waals surface area contributed by atoms with Gasteiger partial charge in [0.15, 0.2) is 0 Å². The third-order valence-corrected chi connectivity index (χ3v) is 4.01. The van der Waals surface area contributed by atoms with Crippen LogP contribution in [0.5, 0.6) is 0 Å². The number of imidazole rings is 1. The number of para-hydroxylation sites is 1. The topological polar surface area (TPSA) is 40.7 Å². The van der Waals surface area contributed by atoms with E-state index in [9.17, 15) is 0 Å². The zero-order valence-corrected chi connectivity index (χ0v) is 13.5. The summed E-state index contributed by atoms with van der Waals surface area (Å²) in [6.07, 6.45) is 0. The van der Waals surface area contributed by atoms with Gasteiger partial charge < -0.3 is 10.3 Å². The number of hydrogen-bond acceptors (Lipinski definition) is 2. The number of aromatic amines is 1. The van der Waals surface area contributed by atoms with Gasteiger partial charge in [0.1, 0.15) is 5.82 Å². The minimum absolute atomic E-state index is 0.917. The van der Waals surface area contributed by atoms with Gasteiger partial charge in [0.05, 0.1) is 5.69 Å². The molecule has 3 aromatic rings. The molecule has 0 saturated carbocycles. The molecule has 0 atom stereocenters. The van der Waals surface area contributed by atoms with Gasteiger partial charge in [-0.3, -0.25) is 0 Å². The average Bonchev–Trinajstić information content (AvgIpc) is 2.83. The molecule has 112 valence electrons. The molecule has 0 amide bonds. The molecule has 0 unspecified atom stereocenters. The molecule has 0 saturated heterocycles. The zero-order valence-electron chi connectivity index (χ0n) is 13.5. The molecule has 0 fully saturated rings. The molecular weight excluding hydrogens is 270 g/mol. The quantitative estimate of drug-likeness (QED) is 0.708. The number of anilines is 2. The maximum absolute atomic E-state index is 4.58. The number of rotatable bonds is 3. The van der Waals surface area contributed by atoms with Gasteiger partial charge in [-0.25, -0.2) is 4.98 Å². The van der Waals surface area contributed by atoms with Gasteiger partial charge in [0, 0.05) is 22.6 Å². The van der Waals surface area contributed by atoms with Gasteiger partial charge in [-0.05, 0) is 51.0 Å². The molecular formula is C19H21N3. The normalized spacial score (nSPS) is 10.7. The molecule has 1 heterocycles. The fraction of sp³-hybridized carbons (Fsp3) is 0.211. The molecule has 2 N–H and O–H groups in total. The molecule has 22 heavy (non-hydrogen) atoms. The SMILES string of the molecule is Cc1cccc(C)c1Nc1cccc(-c2nc(C)c(C)[nH]2)c1. The first-order valence-electron chi connectivity index (χ1n) is 7.51. The molecule has 3 heteroatoms. The van der Waals surface area contributed by atoms with Crippen LogP contribution in [-0.2, 0) is 0 Å². The predicted molar refractivity (Wildman–Crippen MR) is 92.7 cm³/mol. The molecule has 3 nitrogen and oxygen atoms in total. The van der Waals surface area contributed by atoms with E-state index in [1.807, 2.05) is 13.8 Å². The van der Waals surface area contributed by atoms with E-state index in [2.05, 4.69) is 71.6 Å². The van der Waals surface area contributed by atoms with Crippen molar-refractivity contribution in [3.8, 4) is 11.4 Å². The van der Waals surface area contributed by atoms with Crippen LogP contribution in [0.25, 0.3) is 11.4 Å². The highest BCUT2D eigenvalue weighted by atomic mass is 14.9. The molecule has 3 rings (SSSR count). The van der Waals surface area contributed by atoms with E-state index in [0.29, 0.717) is 0 Å². The largest absolute Gasteiger partial charge is 0.355 e. The van der Waals surface area contributed by atoms with Crippen molar-refractivity contribution in [3.05, 3.63) is 65.0 Å². The molecule has 0 aliphatic heterocycles. The molecule has 0 radical (unpaired) electrons. The Labute approximate surface area is 131 Å². The van der Waals surface area contributed by atoms with E-state index >= 15 is 0 Å². The summed E-state index contributed by atoms with van der Waals surface area (Å²) in [5.41, 5.74) is 7.98. The van der Waals surface area contributed by atoms with Crippen LogP contribution in [-0.4, -0.2) is 9.97 Å². The van der Waals surface area contributed by atoms with Crippen molar-refractivity contribution in [2.75, 3.05) is 5.32 Å². The number of nitrogens with zero attached hydrogens (tertiary/aromatic N) is 1. The molecule has 0 bridgehead atoms. The van der Waals surface area contributed by atoms with Gasteiger partial charge in [-0.15, -0.1) is 0 Å². The van der Waals surface area contributed by atoms with Gasteiger partial charge in [0.2, 0.25) is 0 Å². The van der Waals surface area contributed by atoms with Crippen LogP contribution >= 0.6 is 0 Å². The standard InChI is InChI=1S/C19H21N3/c1-12-7-5-8-13(2)18(12)22-17-10-6-9-16(11-17)19-20-14(3)15(4)21-19/h5-11,22H,1-4H3,(H,20,21). The summed E-state index contributed by atoms with van der Waals surface area (Å²) in [5, 5.41) is 3.53. The van der Waals surface area contributed by atoms with Crippen LogP contribution in [0, 0.1) is 27.7 Å². The lowest BCUT2D eigenvalue weighted by Crippen LogP contribution is -1.96. The summed E-state index contributed by atoms with van der Waals surface area (Å²) in [5.74, 6) is 0.917. The number of H-pyrrole nitrogens is 1. The Morgan fingerprint density at radius 1 is 0.909 bits per heavy atom. The van der Waals surface area contributed by atoms with Crippen molar-refractivity contribution >= 4 is 11.4 Å². The van der Waals surface area contributed by atoms with E-state index in [-0.39, 0.29) is 0 Å². The first-order valence-corrected chi connectivity index (χ1v) is 7.51. The Balaban J connectivity index is 1.95. The van der Waals surface area contributed by atoms with Gasteiger partial charge >= 0.3 is 0 Å². The summed E-state index contributed by atoms with van der Waals surface area (Å²) in [4.78, 5) is 7.92. The third kappa shape index (κ3) is 2.75. The smallest absolute Gasteiger partial charge is 0.137 e. The highest BCUT2D eigenvalue weighted by Gasteiger charge is 2.07. The van der Waals surface area contributed by atoms with Gasteiger partial charge in [-0.1, -0.05) is 30.3 Å². The first kappa shape index (κ1) is 14.4. The lowest BCUT2D eigenvalue weighted by molar-refractivity contribution is 1.22. The Kier molecular flexibility index (Phi) is 3.72. The molecule has 0 aliphatic carbocycles. The molecule has 2 aromatic carbocycles. The van der Waals surface area contributed by atoms with Crippen LogP contribution in [0.3, 0.4) is 0 Å². The minimum atomic E-state index is 0.917. The Morgan fingerprint density at radius 3 is 2.23 bits per heavy atom. The molecule has 0 spiro atoms. The summed E-state index contributed by atoms with van der Waals surface area (Å²) >= 11 is 0. The summed E-state index contributed by atoms with van der Waals surface area (Å²) in [7, 11) is 0. The van der Waals surface area contributed by atoms with Crippen molar-refractivity contribution in [2.24, 2.45) is 0 Å². The number of nitrogens with one attached hydrogen (secondary N) is 2. The van der Waals surface area contributed by atoms with E-state index in [0.717, 1.165) is 28.5 Å². The lowest BCUT2D eigenvalue weighted by Gasteiger charge is -2.13. The van der Waals surface area contributed by atoms with E-state index < -0.39 is 0 Å². The number of aryl methyl sites for hydroxylation is 4. The second kappa shape index (κ2) is 5.68. The van der Waals surface area contributed by atoms with Crippen molar-refractivity contribution in [1.29, 1.82) is 0 Å². The van der Waals surface area contributed by atoms with Crippen LogP contribution in [0.15, 0.2) is 42.5 Å². The monoisotopic (exact) mass is 291 g/mol. The second-order valence-corrected chi connectivity index (χ2v) is 5.77. The number of aromatic nitrogens is 2. The highest BCUT2D eigenvalue weighted by molar-refractivity contribution is 5.70. The summed E-state index contributed by atoms with van der Waals surface area (Å²) in [6.45, 7) is 8.32. The average molecular weight is 291 g/mol. The minimum Gasteiger partial charge on any atom is -0.355 e. The summed E-state index contributed by atoms with van der Waals surface area (Å²) in [6, 6.07) is 14.7. The molecule has 0 aliphatic rings. The predicted octanol–water partition coefficient (Wildman–Crippen LogP) is 5.05. The Morgan fingerprint density at radius 2 is 1.59 bits per heavy atom. The zero-order chi connectivity index (χ0) is 15.7. The lowest BCUT2D eigenvalue weighted by atomic mass is 10.1. The third-order valence-electron chi connectivity index (χ3n) is 4.01. The first-order chi connectivity index (χ1) is 10.5. The van der Waals surface area contributed by atoms with Crippen LogP contribution < -0.4 is 5.32 Å². The number of hydrogen-bond donors (Lipinski definition) is 2. The van der Waals surface area contributed by atoms with Crippen LogP contribution in [0.2, 0.25) is 0 Å². The van der Waals surface area contributed by atoms with Crippen molar-refractivity contribution < 1.29 is 0 Å². The van der Waals surface area contributed by atoms with E-state index in [4.69, 9.17) is 0 Å². The Hall–Kier alpha value is -2.55.